The van der Waals surface area contributed by atoms with Crippen LogP contribution in [0.4, 0.5) is 0 Å². The van der Waals surface area contributed by atoms with Crippen molar-refractivity contribution in [1.29, 1.82) is 0 Å². The highest BCUT2D eigenvalue weighted by atomic mass is 79.9. The zero-order chi connectivity index (χ0) is 17.5. The minimum atomic E-state index is -0.0270. The molecule has 3 unspecified atom stereocenters. The van der Waals surface area contributed by atoms with Crippen molar-refractivity contribution in [1.82, 2.24) is 0 Å². The molecule has 0 spiro atoms. The third-order valence-corrected chi connectivity index (χ3v) is 6.60. The lowest BCUT2D eigenvalue weighted by Gasteiger charge is -2.29. The molecule has 1 N–H and O–H groups in total. The molecule has 1 aliphatic carbocycles. The van der Waals surface area contributed by atoms with Crippen molar-refractivity contribution < 1.29 is 5.11 Å². The van der Waals surface area contributed by atoms with Crippen molar-refractivity contribution in [3.63, 3.8) is 0 Å². The van der Waals surface area contributed by atoms with Crippen LogP contribution in [0.15, 0.2) is 0 Å². The number of hydrogen-bond acceptors (Lipinski definition) is 1. The number of halogens is 1. The van der Waals surface area contributed by atoms with Gasteiger partial charge in [0.15, 0.2) is 0 Å². The van der Waals surface area contributed by atoms with Crippen molar-refractivity contribution in [2.45, 2.75) is 122 Å². The van der Waals surface area contributed by atoms with Crippen molar-refractivity contribution in [3.05, 3.63) is 0 Å². The van der Waals surface area contributed by atoms with Crippen molar-refractivity contribution in [3.8, 4) is 0 Å². The summed E-state index contributed by atoms with van der Waals surface area (Å²) in [5.74, 6) is 1.80. The van der Waals surface area contributed by atoms with E-state index in [1.165, 1.54) is 96.3 Å². The van der Waals surface area contributed by atoms with E-state index in [0.717, 1.165) is 30.0 Å². The lowest BCUT2D eigenvalue weighted by molar-refractivity contribution is 0.124. The van der Waals surface area contributed by atoms with Gasteiger partial charge < -0.3 is 5.11 Å². The van der Waals surface area contributed by atoms with Gasteiger partial charge >= 0.3 is 0 Å². The van der Waals surface area contributed by atoms with Crippen molar-refractivity contribution in [2.75, 3.05) is 5.33 Å². The Morgan fingerprint density at radius 2 is 1.46 bits per heavy atom. The number of alkyl halides is 1. The van der Waals surface area contributed by atoms with Gasteiger partial charge in [-0.25, -0.2) is 0 Å². The summed E-state index contributed by atoms with van der Waals surface area (Å²) in [6, 6.07) is 0. The van der Waals surface area contributed by atoms with E-state index in [4.69, 9.17) is 0 Å². The molecular formula is C22H43BrO. The molecule has 1 fully saturated rings. The molecule has 2 heteroatoms. The van der Waals surface area contributed by atoms with Gasteiger partial charge in [0.05, 0.1) is 6.10 Å². The summed E-state index contributed by atoms with van der Waals surface area (Å²) < 4.78 is 0. The Kier molecular flexibility index (Phi) is 14.7. The van der Waals surface area contributed by atoms with E-state index in [0.29, 0.717) is 0 Å². The highest BCUT2D eigenvalue weighted by Gasteiger charge is 2.22. The van der Waals surface area contributed by atoms with Crippen LogP contribution in [0.3, 0.4) is 0 Å². The maximum absolute atomic E-state index is 10.2. The highest BCUT2D eigenvalue weighted by Crippen LogP contribution is 2.34. The van der Waals surface area contributed by atoms with Gasteiger partial charge in [-0.1, -0.05) is 106 Å². The molecule has 0 amide bonds. The van der Waals surface area contributed by atoms with Gasteiger partial charge in [0, 0.05) is 5.33 Å². The van der Waals surface area contributed by atoms with E-state index in [2.05, 4.69) is 22.9 Å². The van der Waals surface area contributed by atoms with Crippen LogP contribution in [-0.4, -0.2) is 16.5 Å². The van der Waals surface area contributed by atoms with Gasteiger partial charge in [0.2, 0.25) is 0 Å². The fourth-order valence-electron chi connectivity index (χ4n) is 4.43. The molecule has 1 aliphatic rings. The number of aliphatic hydroxyl groups excluding tert-OH is 1. The lowest BCUT2D eigenvalue weighted by Crippen LogP contribution is -2.19. The Labute approximate surface area is 160 Å². The standard InChI is InChI=1S/C22H43BrO/c1-2-3-8-13-20(14-10-6-7-12-19-23)21-15-9-4-5-11-16-22(24)18-17-21/h20-22,24H,2-19H2,1H3. The second kappa shape index (κ2) is 15.7. The van der Waals surface area contributed by atoms with Crippen LogP contribution in [0.1, 0.15) is 116 Å². The van der Waals surface area contributed by atoms with Gasteiger partial charge in [0.1, 0.15) is 0 Å². The average Bonchev–Trinajstić information content (AvgIpc) is 2.59. The molecule has 144 valence electrons. The minimum Gasteiger partial charge on any atom is -0.393 e. The molecule has 24 heavy (non-hydrogen) atoms. The monoisotopic (exact) mass is 402 g/mol. The van der Waals surface area contributed by atoms with E-state index in [-0.39, 0.29) is 6.10 Å². The van der Waals surface area contributed by atoms with Crippen LogP contribution in [0.25, 0.3) is 0 Å². The van der Waals surface area contributed by atoms with Crippen molar-refractivity contribution >= 4 is 15.9 Å². The van der Waals surface area contributed by atoms with Crippen LogP contribution in [0.5, 0.6) is 0 Å². The smallest absolute Gasteiger partial charge is 0.0540 e. The van der Waals surface area contributed by atoms with Gasteiger partial charge in [-0.05, 0) is 37.5 Å². The molecule has 0 bridgehead atoms. The summed E-state index contributed by atoms with van der Waals surface area (Å²) in [7, 11) is 0. The average molecular weight is 403 g/mol. The first-order valence-electron chi connectivity index (χ1n) is 11.0. The van der Waals surface area contributed by atoms with Crippen molar-refractivity contribution in [2.24, 2.45) is 11.8 Å². The quantitative estimate of drug-likeness (QED) is 0.278. The van der Waals surface area contributed by atoms with E-state index in [9.17, 15) is 5.11 Å². The van der Waals surface area contributed by atoms with E-state index in [1.807, 2.05) is 0 Å². The Balaban J connectivity index is 2.48. The summed E-state index contributed by atoms with van der Waals surface area (Å²) in [4.78, 5) is 0. The second-order valence-corrected chi connectivity index (χ2v) is 8.92. The maximum atomic E-state index is 10.2. The summed E-state index contributed by atoms with van der Waals surface area (Å²) in [6.07, 6.45) is 22.7. The van der Waals surface area contributed by atoms with Gasteiger partial charge in [-0.3, -0.25) is 0 Å². The Bertz CT molecular complexity index is 269. The lowest BCUT2D eigenvalue weighted by atomic mass is 9.77. The summed E-state index contributed by atoms with van der Waals surface area (Å²) in [6.45, 7) is 2.31. The molecule has 0 aromatic heterocycles. The van der Waals surface area contributed by atoms with Crippen LogP contribution >= 0.6 is 15.9 Å². The molecule has 0 heterocycles. The van der Waals surface area contributed by atoms with Gasteiger partial charge in [-0.2, -0.15) is 0 Å². The fourth-order valence-corrected chi connectivity index (χ4v) is 4.83. The number of hydrogen-bond donors (Lipinski definition) is 1. The maximum Gasteiger partial charge on any atom is 0.0540 e. The Hall–Kier alpha value is 0.440. The Morgan fingerprint density at radius 1 is 0.792 bits per heavy atom. The molecule has 3 atom stereocenters. The first kappa shape index (κ1) is 22.5. The highest BCUT2D eigenvalue weighted by molar-refractivity contribution is 9.09. The second-order valence-electron chi connectivity index (χ2n) is 8.13. The van der Waals surface area contributed by atoms with Crippen LogP contribution in [-0.2, 0) is 0 Å². The molecule has 1 saturated carbocycles. The molecule has 0 aromatic rings. The number of unbranched alkanes of at least 4 members (excludes halogenated alkanes) is 5. The summed E-state index contributed by atoms with van der Waals surface area (Å²) in [5.41, 5.74) is 0. The van der Waals surface area contributed by atoms with Gasteiger partial charge in [-0.15, -0.1) is 0 Å². The SMILES string of the molecule is CCCCCC(CCCCCCBr)C1CCCCCCC(O)CC1. The minimum absolute atomic E-state index is 0.0270. The topological polar surface area (TPSA) is 20.2 Å². The van der Waals surface area contributed by atoms with Gasteiger partial charge in [0.25, 0.3) is 0 Å². The molecular weight excluding hydrogens is 360 g/mol. The first-order chi connectivity index (χ1) is 11.8. The largest absolute Gasteiger partial charge is 0.393 e. The fraction of sp³-hybridized carbons (Fsp3) is 1.00. The molecule has 0 radical (unpaired) electrons. The van der Waals surface area contributed by atoms with Crippen LogP contribution in [0, 0.1) is 11.8 Å². The molecule has 0 aromatic carbocycles. The normalized spacial score (nSPS) is 24.6. The van der Waals surface area contributed by atoms with Crippen LogP contribution < -0.4 is 0 Å². The third kappa shape index (κ3) is 11.1. The Morgan fingerprint density at radius 3 is 2.17 bits per heavy atom. The number of aliphatic hydroxyl groups is 1. The zero-order valence-corrected chi connectivity index (χ0v) is 17.9. The van der Waals surface area contributed by atoms with E-state index >= 15 is 0 Å². The third-order valence-electron chi connectivity index (χ3n) is 6.04. The molecule has 0 saturated heterocycles. The van der Waals surface area contributed by atoms with E-state index in [1.54, 1.807) is 0 Å². The molecule has 1 rings (SSSR count). The first-order valence-corrected chi connectivity index (χ1v) is 12.1. The predicted molar refractivity (Wildman–Crippen MR) is 111 cm³/mol. The van der Waals surface area contributed by atoms with Crippen LogP contribution in [0.2, 0.25) is 0 Å². The predicted octanol–water partition coefficient (Wildman–Crippen LogP) is 7.64. The molecule has 0 aliphatic heterocycles. The van der Waals surface area contributed by atoms with E-state index < -0.39 is 0 Å². The summed E-state index contributed by atoms with van der Waals surface area (Å²) >= 11 is 3.55. The zero-order valence-electron chi connectivity index (χ0n) is 16.3. The summed E-state index contributed by atoms with van der Waals surface area (Å²) in [5, 5.41) is 11.4. The molecule has 1 nitrogen and oxygen atoms in total. The number of rotatable bonds is 11.